The van der Waals surface area contributed by atoms with Gasteiger partial charge in [-0.25, -0.2) is 4.98 Å². The molecular weight excluding hydrogens is 366 g/mol. The van der Waals surface area contributed by atoms with Gasteiger partial charge in [-0.1, -0.05) is 48.0 Å². The second kappa shape index (κ2) is 9.36. The summed E-state index contributed by atoms with van der Waals surface area (Å²) in [4.78, 5) is 16.5. The third kappa shape index (κ3) is 5.86. The van der Waals surface area contributed by atoms with Crippen LogP contribution in [0.15, 0.2) is 60.0 Å². The molecule has 3 aromatic rings. The Morgan fingerprint density at radius 3 is 2.77 bits per heavy atom. The standard InChI is InChI=1S/C20H20ClN3OS/c21-16-9-4-10-17(12-16)23-20-24-18(14-26-20)13-19(25)22-11-5-8-15-6-2-1-3-7-15/h1-4,6-7,9-10,12,14H,5,8,11,13H2,(H,22,25)(H,23,24). The first-order valence-electron chi connectivity index (χ1n) is 8.47. The van der Waals surface area contributed by atoms with Gasteiger partial charge in [-0.15, -0.1) is 11.3 Å². The van der Waals surface area contributed by atoms with E-state index >= 15 is 0 Å². The molecule has 2 aromatic carbocycles. The van der Waals surface area contributed by atoms with E-state index in [1.165, 1.54) is 16.9 Å². The molecule has 4 nitrogen and oxygen atoms in total. The lowest BCUT2D eigenvalue weighted by Crippen LogP contribution is -2.26. The van der Waals surface area contributed by atoms with E-state index < -0.39 is 0 Å². The highest BCUT2D eigenvalue weighted by Gasteiger charge is 2.08. The number of hydrogen-bond acceptors (Lipinski definition) is 4. The van der Waals surface area contributed by atoms with Gasteiger partial charge in [0.2, 0.25) is 5.91 Å². The second-order valence-corrected chi connectivity index (χ2v) is 7.19. The Bertz CT molecular complexity index is 851. The van der Waals surface area contributed by atoms with E-state index in [0.717, 1.165) is 29.4 Å². The van der Waals surface area contributed by atoms with Gasteiger partial charge >= 0.3 is 0 Å². The van der Waals surface area contributed by atoms with Crippen molar-refractivity contribution in [2.24, 2.45) is 0 Å². The lowest BCUT2D eigenvalue weighted by atomic mass is 10.1. The summed E-state index contributed by atoms with van der Waals surface area (Å²) in [5, 5.41) is 9.47. The normalized spacial score (nSPS) is 10.5. The van der Waals surface area contributed by atoms with Crippen LogP contribution in [0.5, 0.6) is 0 Å². The number of halogens is 1. The van der Waals surface area contributed by atoms with Gasteiger partial charge in [-0.3, -0.25) is 4.79 Å². The van der Waals surface area contributed by atoms with Gasteiger partial charge in [-0.2, -0.15) is 0 Å². The number of benzene rings is 2. The maximum Gasteiger partial charge on any atom is 0.226 e. The van der Waals surface area contributed by atoms with Crippen molar-refractivity contribution in [2.75, 3.05) is 11.9 Å². The molecule has 0 unspecified atom stereocenters. The number of rotatable bonds is 8. The average molecular weight is 386 g/mol. The van der Waals surface area contributed by atoms with E-state index in [-0.39, 0.29) is 5.91 Å². The smallest absolute Gasteiger partial charge is 0.226 e. The largest absolute Gasteiger partial charge is 0.356 e. The molecule has 26 heavy (non-hydrogen) atoms. The third-order valence-corrected chi connectivity index (χ3v) is 4.82. The Hall–Kier alpha value is -2.37. The molecule has 1 aromatic heterocycles. The number of aromatic nitrogens is 1. The van der Waals surface area contributed by atoms with E-state index in [1.54, 1.807) is 0 Å². The van der Waals surface area contributed by atoms with Crippen molar-refractivity contribution >= 4 is 39.7 Å². The number of aryl methyl sites for hydroxylation is 1. The van der Waals surface area contributed by atoms with Crippen LogP contribution < -0.4 is 10.6 Å². The molecule has 2 N–H and O–H groups in total. The van der Waals surface area contributed by atoms with Crippen LogP contribution in [0.2, 0.25) is 5.02 Å². The molecule has 1 amide bonds. The van der Waals surface area contributed by atoms with Crippen molar-refractivity contribution in [1.29, 1.82) is 0 Å². The van der Waals surface area contributed by atoms with E-state index in [0.29, 0.717) is 18.0 Å². The number of amides is 1. The zero-order valence-corrected chi connectivity index (χ0v) is 15.8. The van der Waals surface area contributed by atoms with E-state index in [9.17, 15) is 4.79 Å². The van der Waals surface area contributed by atoms with Crippen LogP contribution in [0.4, 0.5) is 10.8 Å². The summed E-state index contributed by atoms with van der Waals surface area (Å²) in [5.74, 6) is -0.00216. The molecular formula is C20H20ClN3OS. The number of nitrogens with one attached hydrogen (secondary N) is 2. The predicted octanol–water partition coefficient (Wildman–Crippen LogP) is 4.83. The summed E-state index contributed by atoms with van der Waals surface area (Å²) in [6.45, 7) is 0.672. The highest BCUT2D eigenvalue weighted by atomic mass is 35.5. The van der Waals surface area contributed by atoms with Gasteiger partial charge in [-0.05, 0) is 36.6 Å². The van der Waals surface area contributed by atoms with Crippen LogP contribution in [0, 0.1) is 0 Å². The molecule has 6 heteroatoms. The third-order valence-electron chi connectivity index (χ3n) is 3.78. The van der Waals surface area contributed by atoms with Crippen LogP contribution in [-0.4, -0.2) is 17.4 Å². The summed E-state index contributed by atoms with van der Waals surface area (Å²) in [6, 6.07) is 17.7. The van der Waals surface area contributed by atoms with Gasteiger partial charge < -0.3 is 10.6 Å². The number of hydrogen-bond donors (Lipinski definition) is 2. The molecule has 0 fully saturated rings. The number of anilines is 2. The van der Waals surface area contributed by atoms with Crippen molar-refractivity contribution in [3.05, 3.63) is 76.3 Å². The first-order chi connectivity index (χ1) is 12.7. The highest BCUT2D eigenvalue weighted by Crippen LogP contribution is 2.23. The monoisotopic (exact) mass is 385 g/mol. The molecule has 0 aliphatic carbocycles. The molecule has 0 saturated heterocycles. The molecule has 0 spiro atoms. The quantitative estimate of drug-likeness (QED) is 0.546. The molecule has 0 saturated carbocycles. The minimum Gasteiger partial charge on any atom is -0.356 e. The van der Waals surface area contributed by atoms with E-state index in [1.807, 2.05) is 47.8 Å². The van der Waals surface area contributed by atoms with Gasteiger partial charge in [0.25, 0.3) is 0 Å². The van der Waals surface area contributed by atoms with Crippen LogP contribution >= 0.6 is 22.9 Å². The van der Waals surface area contributed by atoms with Gasteiger partial charge in [0.05, 0.1) is 12.1 Å². The summed E-state index contributed by atoms with van der Waals surface area (Å²) >= 11 is 7.45. The number of thiazole rings is 1. The SMILES string of the molecule is O=C(Cc1csc(Nc2cccc(Cl)c2)n1)NCCCc1ccccc1. The van der Waals surface area contributed by atoms with E-state index in [2.05, 4.69) is 27.8 Å². The minimum absolute atomic E-state index is 0.00216. The molecule has 0 bridgehead atoms. The summed E-state index contributed by atoms with van der Waals surface area (Å²) in [5.41, 5.74) is 2.93. The summed E-state index contributed by atoms with van der Waals surface area (Å²) in [7, 11) is 0. The van der Waals surface area contributed by atoms with Crippen molar-refractivity contribution in [2.45, 2.75) is 19.3 Å². The number of nitrogens with zero attached hydrogens (tertiary/aromatic N) is 1. The van der Waals surface area contributed by atoms with Crippen molar-refractivity contribution in [1.82, 2.24) is 10.3 Å². The molecule has 134 valence electrons. The Labute approximate surface area is 162 Å². The van der Waals surface area contributed by atoms with E-state index in [4.69, 9.17) is 11.6 Å². The average Bonchev–Trinajstić information content (AvgIpc) is 3.06. The minimum atomic E-state index is -0.00216. The second-order valence-electron chi connectivity index (χ2n) is 5.90. The number of carbonyl (C=O) groups is 1. The Morgan fingerprint density at radius 2 is 1.96 bits per heavy atom. The topological polar surface area (TPSA) is 54.0 Å². The molecule has 3 rings (SSSR count). The highest BCUT2D eigenvalue weighted by molar-refractivity contribution is 7.13. The predicted molar refractivity (Wildman–Crippen MR) is 108 cm³/mol. The van der Waals surface area contributed by atoms with Crippen LogP contribution in [0.1, 0.15) is 17.7 Å². The number of carbonyl (C=O) groups excluding carboxylic acids is 1. The van der Waals surface area contributed by atoms with Crippen LogP contribution in [-0.2, 0) is 17.6 Å². The fraction of sp³-hybridized carbons (Fsp3) is 0.200. The van der Waals surface area contributed by atoms with Crippen LogP contribution in [0.25, 0.3) is 0 Å². The first kappa shape index (κ1) is 18.4. The zero-order chi connectivity index (χ0) is 18.2. The van der Waals surface area contributed by atoms with Crippen molar-refractivity contribution < 1.29 is 4.79 Å². The lowest BCUT2D eigenvalue weighted by Gasteiger charge is -2.04. The van der Waals surface area contributed by atoms with Gasteiger partial charge in [0.15, 0.2) is 5.13 Å². The fourth-order valence-corrected chi connectivity index (χ4v) is 3.45. The maximum absolute atomic E-state index is 12.1. The molecule has 0 aliphatic heterocycles. The molecule has 0 atom stereocenters. The molecule has 1 heterocycles. The Morgan fingerprint density at radius 1 is 1.12 bits per heavy atom. The van der Waals surface area contributed by atoms with Crippen molar-refractivity contribution in [3.8, 4) is 0 Å². The lowest BCUT2D eigenvalue weighted by molar-refractivity contribution is -0.120. The fourth-order valence-electron chi connectivity index (χ4n) is 2.53. The summed E-state index contributed by atoms with van der Waals surface area (Å²) < 4.78 is 0. The molecule has 0 aliphatic rings. The van der Waals surface area contributed by atoms with Crippen molar-refractivity contribution in [3.63, 3.8) is 0 Å². The Balaban J connectivity index is 1.41. The summed E-state index contributed by atoms with van der Waals surface area (Å²) in [6.07, 6.45) is 2.18. The maximum atomic E-state index is 12.1. The first-order valence-corrected chi connectivity index (χ1v) is 9.72. The molecule has 0 radical (unpaired) electrons. The Kier molecular flexibility index (Phi) is 6.63. The van der Waals surface area contributed by atoms with Gasteiger partial charge in [0.1, 0.15) is 0 Å². The van der Waals surface area contributed by atoms with Crippen LogP contribution in [0.3, 0.4) is 0 Å². The zero-order valence-electron chi connectivity index (χ0n) is 14.2. The van der Waals surface area contributed by atoms with Gasteiger partial charge in [0, 0.05) is 22.6 Å².